The highest BCUT2D eigenvalue weighted by Crippen LogP contribution is 2.23. The lowest BCUT2D eigenvalue weighted by Crippen LogP contribution is -2.34. The Morgan fingerprint density at radius 1 is 1.43 bits per heavy atom. The van der Waals surface area contributed by atoms with Crippen LogP contribution in [0.4, 0.5) is 0 Å². The molecule has 1 unspecified atom stereocenters. The summed E-state index contributed by atoms with van der Waals surface area (Å²) >= 11 is 0. The summed E-state index contributed by atoms with van der Waals surface area (Å²) in [5.74, 6) is 2.73. The summed E-state index contributed by atoms with van der Waals surface area (Å²) in [4.78, 5) is 0. The zero-order valence-corrected chi connectivity index (χ0v) is 9.12. The molecule has 4 heteroatoms. The normalized spacial score (nSPS) is 22.1. The van der Waals surface area contributed by atoms with Crippen LogP contribution in [0.2, 0.25) is 0 Å². The molecule has 2 N–H and O–H groups in total. The molecule has 0 fully saturated rings. The molecule has 0 amide bonds. The van der Waals surface area contributed by atoms with Crippen LogP contribution in [0.15, 0.2) is 0 Å². The minimum Gasteiger partial charge on any atom is -0.319 e. The van der Waals surface area contributed by atoms with E-state index < -0.39 is 0 Å². The maximum Gasteiger partial charge on any atom is 0.152 e. The molecule has 0 bridgehead atoms. The van der Waals surface area contributed by atoms with E-state index in [1.54, 1.807) is 0 Å². The second-order valence-corrected chi connectivity index (χ2v) is 4.91. The van der Waals surface area contributed by atoms with E-state index in [4.69, 9.17) is 5.73 Å². The van der Waals surface area contributed by atoms with E-state index in [9.17, 15) is 0 Å². The zero-order chi connectivity index (χ0) is 10.3. The van der Waals surface area contributed by atoms with Crippen molar-refractivity contribution in [1.29, 1.82) is 0 Å². The molecule has 1 aliphatic heterocycles. The maximum absolute atomic E-state index is 6.04. The first-order chi connectivity index (χ1) is 6.48. The molecule has 2 rings (SSSR count). The molecule has 4 nitrogen and oxygen atoms in total. The zero-order valence-electron chi connectivity index (χ0n) is 9.12. The lowest BCUT2D eigenvalue weighted by molar-refractivity contribution is 0.380. The fourth-order valence-corrected chi connectivity index (χ4v) is 1.96. The van der Waals surface area contributed by atoms with E-state index in [0.717, 1.165) is 30.5 Å². The average molecular weight is 194 g/mol. The van der Waals surface area contributed by atoms with E-state index in [2.05, 4.69) is 21.7 Å². The van der Waals surface area contributed by atoms with Gasteiger partial charge in [0, 0.05) is 13.0 Å². The number of rotatable bonds is 1. The fraction of sp³-hybridized carbons (Fsp3) is 0.800. The number of hydrogen-bond acceptors (Lipinski definition) is 3. The monoisotopic (exact) mass is 194 g/mol. The van der Waals surface area contributed by atoms with Crippen molar-refractivity contribution >= 4 is 0 Å². The van der Waals surface area contributed by atoms with Crippen molar-refractivity contribution in [3.63, 3.8) is 0 Å². The fourth-order valence-electron chi connectivity index (χ4n) is 1.96. The highest BCUT2D eigenvalue weighted by molar-refractivity contribution is 5.07. The summed E-state index contributed by atoms with van der Waals surface area (Å²) < 4.78 is 2.18. The largest absolute Gasteiger partial charge is 0.319 e. The molecule has 14 heavy (non-hydrogen) atoms. The molecule has 0 aliphatic carbocycles. The summed E-state index contributed by atoms with van der Waals surface area (Å²) in [7, 11) is 0. The Labute approximate surface area is 84.5 Å². The smallest absolute Gasteiger partial charge is 0.152 e. The summed E-state index contributed by atoms with van der Waals surface area (Å²) in [5.41, 5.74) is 5.65. The van der Waals surface area contributed by atoms with Gasteiger partial charge in [0.1, 0.15) is 5.82 Å². The third-order valence-corrected chi connectivity index (χ3v) is 2.78. The lowest BCUT2D eigenvalue weighted by atomic mass is 9.99. The number of nitrogens with two attached hydrogens (primary N) is 1. The van der Waals surface area contributed by atoms with Crippen LogP contribution in [0.1, 0.15) is 38.8 Å². The SMILES string of the molecule is CC1CCn2c(nnc2C(C)(C)N)C1. The number of hydrogen-bond donors (Lipinski definition) is 1. The Balaban J connectivity index is 2.38. The summed E-state index contributed by atoms with van der Waals surface area (Å²) in [6, 6.07) is 0. The van der Waals surface area contributed by atoms with Crippen molar-refractivity contribution in [3.05, 3.63) is 11.6 Å². The van der Waals surface area contributed by atoms with Gasteiger partial charge in [-0.25, -0.2) is 0 Å². The molecule has 0 radical (unpaired) electrons. The number of aromatic nitrogens is 3. The van der Waals surface area contributed by atoms with Gasteiger partial charge < -0.3 is 10.3 Å². The van der Waals surface area contributed by atoms with Gasteiger partial charge in [0.15, 0.2) is 5.82 Å². The average Bonchev–Trinajstić information content (AvgIpc) is 2.45. The predicted molar refractivity (Wildman–Crippen MR) is 54.7 cm³/mol. The molecule has 2 heterocycles. The second kappa shape index (κ2) is 3.05. The highest BCUT2D eigenvalue weighted by Gasteiger charge is 2.27. The maximum atomic E-state index is 6.04. The quantitative estimate of drug-likeness (QED) is 0.727. The molecule has 0 saturated heterocycles. The third kappa shape index (κ3) is 1.54. The van der Waals surface area contributed by atoms with E-state index in [0.29, 0.717) is 0 Å². The van der Waals surface area contributed by atoms with Gasteiger partial charge in [-0.1, -0.05) is 6.92 Å². The Bertz CT molecular complexity index is 334. The van der Waals surface area contributed by atoms with Crippen LogP contribution in [0.5, 0.6) is 0 Å². The van der Waals surface area contributed by atoms with Gasteiger partial charge >= 0.3 is 0 Å². The number of fused-ring (bicyclic) bond motifs is 1. The van der Waals surface area contributed by atoms with Crippen molar-refractivity contribution in [2.24, 2.45) is 11.7 Å². The van der Waals surface area contributed by atoms with Gasteiger partial charge in [-0.15, -0.1) is 10.2 Å². The van der Waals surface area contributed by atoms with Crippen molar-refractivity contribution < 1.29 is 0 Å². The van der Waals surface area contributed by atoms with Crippen molar-refractivity contribution in [2.45, 2.75) is 45.7 Å². The van der Waals surface area contributed by atoms with Gasteiger partial charge in [-0.05, 0) is 26.2 Å². The Morgan fingerprint density at radius 3 is 2.79 bits per heavy atom. The van der Waals surface area contributed by atoms with Gasteiger partial charge in [0.05, 0.1) is 5.54 Å². The van der Waals surface area contributed by atoms with Crippen LogP contribution in [0.3, 0.4) is 0 Å². The molecule has 0 saturated carbocycles. The molecule has 0 spiro atoms. The van der Waals surface area contributed by atoms with Crippen LogP contribution in [-0.2, 0) is 18.5 Å². The van der Waals surface area contributed by atoms with Crippen molar-refractivity contribution in [3.8, 4) is 0 Å². The summed E-state index contributed by atoms with van der Waals surface area (Å²) in [6.07, 6.45) is 2.23. The Kier molecular flexibility index (Phi) is 2.10. The third-order valence-electron chi connectivity index (χ3n) is 2.78. The minimum absolute atomic E-state index is 0.383. The van der Waals surface area contributed by atoms with E-state index in [-0.39, 0.29) is 5.54 Å². The molecular weight excluding hydrogens is 176 g/mol. The molecule has 1 aromatic rings. The first-order valence-electron chi connectivity index (χ1n) is 5.20. The van der Waals surface area contributed by atoms with Crippen LogP contribution in [0, 0.1) is 5.92 Å². The van der Waals surface area contributed by atoms with Gasteiger partial charge in [-0.3, -0.25) is 0 Å². The topological polar surface area (TPSA) is 56.7 Å². The van der Waals surface area contributed by atoms with Crippen LogP contribution < -0.4 is 5.73 Å². The molecule has 0 aromatic carbocycles. The van der Waals surface area contributed by atoms with E-state index in [1.165, 1.54) is 6.42 Å². The minimum atomic E-state index is -0.383. The van der Waals surface area contributed by atoms with E-state index >= 15 is 0 Å². The van der Waals surface area contributed by atoms with Gasteiger partial charge in [-0.2, -0.15) is 0 Å². The Hall–Kier alpha value is -0.900. The van der Waals surface area contributed by atoms with Crippen LogP contribution in [-0.4, -0.2) is 14.8 Å². The van der Waals surface area contributed by atoms with Crippen molar-refractivity contribution in [2.75, 3.05) is 0 Å². The first-order valence-corrected chi connectivity index (χ1v) is 5.20. The van der Waals surface area contributed by atoms with Gasteiger partial charge in [0.2, 0.25) is 0 Å². The molecule has 1 atom stereocenters. The standard InChI is InChI=1S/C10H18N4/c1-7-4-5-14-8(6-7)12-13-9(14)10(2,3)11/h7H,4-6,11H2,1-3H3. The van der Waals surface area contributed by atoms with Crippen LogP contribution >= 0.6 is 0 Å². The summed E-state index contributed by atoms with van der Waals surface area (Å²) in [6.45, 7) is 7.22. The first kappa shape index (κ1) is 9.65. The highest BCUT2D eigenvalue weighted by atomic mass is 15.3. The molecule has 1 aliphatic rings. The Morgan fingerprint density at radius 2 is 2.14 bits per heavy atom. The van der Waals surface area contributed by atoms with Crippen molar-refractivity contribution in [1.82, 2.24) is 14.8 Å². The van der Waals surface area contributed by atoms with E-state index in [1.807, 2.05) is 13.8 Å². The second-order valence-electron chi connectivity index (χ2n) is 4.91. The molecule has 1 aromatic heterocycles. The molecule has 78 valence electrons. The predicted octanol–water partition coefficient (Wildman–Crippen LogP) is 1.05. The van der Waals surface area contributed by atoms with Gasteiger partial charge in [0.25, 0.3) is 0 Å². The lowest BCUT2D eigenvalue weighted by Gasteiger charge is -2.24. The van der Waals surface area contributed by atoms with Crippen LogP contribution in [0.25, 0.3) is 0 Å². The molecular formula is C10H18N4. The number of nitrogens with zero attached hydrogens (tertiary/aromatic N) is 3. The summed E-state index contributed by atoms with van der Waals surface area (Å²) in [5, 5.41) is 8.40.